The second kappa shape index (κ2) is 7.17. The predicted molar refractivity (Wildman–Crippen MR) is 83.9 cm³/mol. The van der Waals surface area contributed by atoms with E-state index in [4.69, 9.17) is 0 Å². The standard InChI is InChI=1S/C16H21FN4O/c1-4-15-12(10-21(3)19-15)9-20(2)11-16(22)18-14-7-5-6-13(17)8-14/h5-8,10H,4,9,11H2,1-3H3,(H,18,22). The molecule has 1 aromatic carbocycles. The lowest BCUT2D eigenvalue weighted by Crippen LogP contribution is -2.30. The number of aromatic nitrogens is 2. The van der Waals surface area contributed by atoms with Crippen LogP contribution in [-0.4, -0.2) is 34.2 Å². The van der Waals surface area contributed by atoms with Gasteiger partial charge < -0.3 is 5.32 Å². The third-order valence-corrected chi connectivity index (χ3v) is 3.29. The van der Waals surface area contributed by atoms with Gasteiger partial charge in [0.05, 0.1) is 12.2 Å². The van der Waals surface area contributed by atoms with E-state index in [2.05, 4.69) is 17.3 Å². The fourth-order valence-electron chi connectivity index (χ4n) is 2.37. The van der Waals surface area contributed by atoms with Gasteiger partial charge in [0.2, 0.25) is 5.91 Å². The lowest BCUT2D eigenvalue weighted by atomic mass is 10.2. The summed E-state index contributed by atoms with van der Waals surface area (Å²) in [5.74, 6) is -0.538. The van der Waals surface area contributed by atoms with E-state index in [-0.39, 0.29) is 18.3 Å². The van der Waals surface area contributed by atoms with Crippen LogP contribution < -0.4 is 5.32 Å². The van der Waals surface area contributed by atoms with Gasteiger partial charge >= 0.3 is 0 Å². The molecule has 118 valence electrons. The molecule has 1 N–H and O–H groups in total. The van der Waals surface area contributed by atoms with E-state index in [0.717, 1.165) is 17.7 Å². The average Bonchev–Trinajstić information content (AvgIpc) is 2.78. The Morgan fingerprint density at radius 2 is 2.23 bits per heavy atom. The number of halogens is 1. The monoisotopic (exact) mass is 304 g/mol. The average molecular weight is 304 g/mol. The molecule has 0 bridgehead atoms. The van der Waals surface area contributed by atoms with Crippen molar-refractivity contribution in [3.8, 4) is 0 Å². The highest BCUT2D eigenvalue weighted by Crippen LogP contribution is 2.11. The van der Waals surface area contributed by atoms with Gasteiger partial charge in [0, 0.05) is 31.0 Å². The van der Waals surface area contributed by atoms with Crippen LogP contribution in [0.4, 0.5) is 10.1 Å². The van der Waals surface area contributed by atoms with Crippen LogP contribution in [0.15, 0.2) is 30.5 Å². The molecule has 0 aliphatic rings. The maximum Gasteiger partial charge on any atom is 0.238 e. The van der Waals surface area contributed by atoms with Crippen LogP contribution in [0.5, 0.6) is 0 Å². The van der Waals surface area contributed by atoms with Crippen LogP contribution >= 0.6 is 0 Å². The maximum absolute atomic E-state index is 13.1. The molecule has 1 amide bonds. The fraction of sp³-hybridized carbons (Fsp3) is 0.375. The quantitative estimate of drug-likeness (QED) is 0.890. The first-order valence-electron chi connectivity index (χ1n) is 7.23. The van der Waals surface area contributed by atoms with E-state index in [1.54, 1.807) is 16.8 Å². The summed E-state index contributed by atoms with van der Waals surface area (Å²) >= 11 is 0. The summed E-state index contributed by atoms with van der Waals surface area (Å²) in [7, 11) is 3.76. The molecule has 1 heterocycles. The molecule has 2 aromatic rings. The van der Waals surface area contributed by atoms with Crippen LogP contribution in [0.2, 0.25) is 0 Å². The summed E-state index contributed by atoms with van der Waals surface area (Å²) in [6.45, 7) is 2.94. The molecule has 0 saturated carbocycles. The van der Waals surface area contributed by atoms with E-state index < -0.39 is 0 Å². The van der Waals surface area contributed by atoms with Gasteiger partial charge in [0.1, 0.15) is 5.82 Å². The van der Waals surface area contributed by atoms with Crippen molar-refractivity contribution in [1.82, 2.24) is 14.7 Å². The van der Waals surface area contributed by atoms with Crippen molar-refractivity contribution in [1.29, 1.82) is 0 Å². The molecule has 1 aromatic heterocycles. The Kier molecular flexibility index (Phi) is 5.27. The summed E-state index contributed by atoms with van der Waals surface area (Å²) < 4.78 is 14.9. The summed E-state index contributed by atoms with van der Waals surface area (Å²) in [6, 6.07) is 5.87. The summed E-state index contributed by atoms with van der Waals surface area (Å²) in [5.41, 5.74) is 2.62. The summed E-state index contributed by atoms with van der Waals surface area (Å²) in [4.78, 5) is 13.9. The number of hydrogen-bond donors (Lipinski definition) is 1. The molecule has 5 nitrogen and oxygen atoms in total. The van der Waals surface area contributed by atoms with Gasteiger partial charge in [0.15, 0.2) is 0 Å². The second-order valence-electron chi connectivity index (χ2n) is 5.36. The van der Waals surface area contributed by atoms with Crippen molar-refractivity contribution in [3.05, 3.63) is 47.5 Å². The molecule has 0 atom stereocenters. The number of amides is 1. The van der Waals surface area contributed by atoms with Crippen LogP contribution in [0.1, 0.15) is 18.2 Å². The SMILES string of the molecule is CCc1nn(C)cc1CN(C)CC(=O)Nc1cccc(F)c1. The number of nitrogens with zero attached hydrogens (tertiary/aromatic N) is 3. The molecule has 22 heavy (non-hydrogen) atoms. The van der Waals surface area contributed by atoms with Crippen molar-refractivity contribution >= 4 is 11.6 Å². The zero-order valence-electron chi connectivity index (χ0n) is 13.1. The van der Waals surface area contributed by atoms with Crippen molar-refractivity contribution in [2.75, 3.05) is 18.9 Å². The molecule has 0 aliphatic carbocycles. The minimum Gasteiger partial charge on any atom is -0.325 e. The molecule has 0 radical (unpaired) electrons. The third kappa shape index (κ3) is 4.39. The molecule has 0 spiro atoms. The number of hydrogen-bond acceptors (Lipinski definition) is 3. The van der Waals surface area contributed by atoms with Crippen molar-refractivity contribution in [2.24, 2.45) is 7.05 Å². The van der Waals surface area contributed by atoms with Gasteiger partial charge in [0.25, 0.3) is 0 Å². The Morgan fingerprint density at radius 3 is 2.91 bits per heavy atom. The van der Waals surface area contributed by atoms with Gasteiger partial charge in [-0.05, 0) is 31.7 Å². The Balaban J connectivity index is 1.91. The molecular weight excluding hydrogens is 283 g/mol. The van der Waals surface area contributed by atoms with E-state index in [1.165, 1.54) is 12.1 Å². The Labute approximate surface area is 129 Å². The first kappa shape index (κ1) is 16.2. The second-order valence-corrected chi connectivity index (χ2v) is 5.36. The zero-order valence-corrected chi connectivity index (χ0v) is 13.1. The van der Waals surface area contributed by atoms with E-state index in [0.29, 0.717) is 12.2 Å². The highest BCUT2D eigenvalue weighted by Gasteiger charge is 2.12. The van der Waals surface area contributed by atoms with E-state index >= 15 is 0 Å². The highest BCUT2D eigenvalue weighted by atomic mass is 19.1. The minimum atomic E-state index is -0.367. The van der Waals surface area contributed by atoms with Crippen LogP contribution in [0.25, 0.3) is 0 Å². The third-order valence-electron chi connectivity index (χ3n) is 3.29. The molecule has 0 fully saturated rings. The van der Waals surface area contributed by atoms with Crippen LogP contribution in [0, 0.1) is 5.82 Å². The normalized spacial score (nSPS) is 11.0. The maximum atomic E-state index is 13.1. The topological polar surface area (TPSA) is 50.2 Å². The fourth-order valence-corrected chi connectivity index (χ4v) is 2.37. The van der Waals surface area contributed by atoms with Crippen molar-refractivity contribution in [2.45, 2.75) is 19.9 Å². The van der Waals surface area contributed by atoms with E-state index in [1.807, 2.05) is 25.2 Å². The molecule has 6 heteroatoms. The number of anilines is 1. The Hall–Kier alpha value is -2.21. The largest absolute Gasteiger partial charge is 0.325 e. The van der Waals surface area contributed by atoms with E-state index in [9.17, 15) is 9.18 Å². The van der Waals surface area contributed by atoms with Crippen molar-refractivity contribution in [3.63, 3.8) is 0 Å². The lowest BCUT2D eigenvalue weighted by Gasteiger charge is -2.16. The number of carbonyl (C=O) groups is 1. The smallest absolute Gasteiger partial charge is 0.238 e. The molecule has 0 aliphatic heterocycles. The van der Waals surface area contributed by atoms with Gasteiger partial charge in [-0.15, -0.1) is 0 Å². The number of nitrogens with one attached hydrogen (secondary N) is 1. The highest BCUT2D eigenvalue weighted by molar-refractivity contribution is 5.92. The molecular formula is C16H21FN4O. The Bertz CT molecular complexity index is 653. The van der Waals surface area contributed by atoms with Gasteiger partial charge in [-0.2, -0.15) is 5.10 Å². The zero-order chi connectivity index (χ0) is 16.1. The number of rotatable bonds is 6. The van der Waals surface area contributed by atoms with Crippen molar-refractivity contribution < 1.29 is 9.18 Å². The number of benzene rings is 1. The molecule has 0 saturated heterocycles. The Morgan fingerprint density at radius 1 is 1.45 bits per heavy atom. The number of aryl methyl sites for hydroxylation is 2. The van der Waals surface area contributed by atoms with Gasteiger partial charge in [-0.3, -0.25) is 14.4 Å². The van der Waals surface area contributed by atoms with Gasteiger partial charge in [-0.1, -0.05) is 13.0 Å². The molecule has 2 rings (SSSR count). The first-order valence-corrected chi connectivity index (χ1v) is 7.23. The number of likely N-dealkylation sites (N-methyl/N-ethyl adjacent to an activating group) is 1. The predicted octanol–water partition coefficient (Wildman–Crippen LogP) is 2.19. The summed E-state index contributed by atoms with van der Waals surface area (Å²) in [5, 5.41) is 7.08. The van der Waals surface area contributed by atoms with Crippen LogP contribution in [0.3, 0.4) is 0 Å². The summed E-state index contributed by atoms with van der Waals surface area (Å²) in [6.07, 6.45) is 2.83. The first-order chi connectivity index (χ1) is 10.5. The van der Waals surface area contributed by atoms with Crippen LogP contribution in [-0.2, 0) is 24.8 Å². The van der Waals surface area contributed by atoms with Gasteiger partial charge in [-0.25, -0.2) is 4.39 Å². The molecule has 0 unspecified atom stereocenters. The number of carbonyl (C=O) groups excluding carboxylic acids is 1. The lowest BCUT2D eigenvalue weighted by molar-refractivity contribution is -0.117. The minimum absolute atomic E-state index is 0.171.